The third-order valence-electron chi connectivity index (χ3n) is 2.66. The molecule has 0 saturated heterocycles. The van der Waals surface area contributed by atoms with Gasteiger partial charge in [-0.1, -0.05) is 59.2 Å². The number of hydrogen-bond acceptors (Lipinski definition) is 8. The van der Waals surface area contributed by atoms with E-state index in [4.69, 9.17) is 16.3 Å². The first-order valence-electron chi connectivity index (χ1n) is 6.60. The van der Waals surface area contributed by atoms with Crippen molar-refractivity contribution >= 4 is 58.2 Å². The fourth-order valence-corrected chi connectivity index (χ4v) is 4.81. The Morgan fingerprint density at radius 1 is 1.39 bits per heavy atom. The van der Waals surface area contributed by atoms with Gasteiger partial charge in [0, 0.05) is 12.4 Å². The Bertz CT molecular complexity index is 572. The van der Waals surface area contributed by atoms with Crippen LogP contribution >= 0.6 is 30.0 Å². The molecule has 128 valence electrons. The number of rotatable bonds is 8. The highest BCUT2D eigenvalue weighted by atomic mass is 32.4. The number of carbonyl (C=O) groups excluding carboxylic acids is 1. The van der Waals surface area contributed by atoms with Crippen molar-refractivity contribution in [2.45, 2.75) is 6.92 Å². The quantitative estimate of drug-likeness (QED) is 0.103. The van der Waals surface area contributed by atoms with Gasteiger partial charge in [-0.05, 0) is 13.2 Å². The molecule has 0 spiro atoms. The topological polar surface area (TPSA) is 72.0 Å². The first kappa shape index (κ1) is 20.5. The molecule has 10 heteroatoms. The molecule has 1 aromatic rings. The molecule has 1 atom stereocenters. The van der Waals surface area contributed by atoms with Crippen molar-refractivity contribution in [3.63, 3.8) is 0 Å². The predicted octanol–water partition coefficient (Wildman–Crippen LogP) is 2.93. The molecule has 0 radical (unpaired) electrons. The van der Waals surface area contributed by atoms with Gasteiger partial charge in [-0.15, -0.1) is 11.8 Å². The van der Waals surface area contributed by atoms with Crippen LogP contribution in [-0.2, 0) is 21.2 Å². The fraction of sp³-hybridized carbons (Fsp3) is 0.385. The van der Waals surface area contributed by atoms with Gasteiger partial charge in [0.2, 0.25) is 0 Å². The molecule has 0 saturated carbocycles. The van der Waals surface area contributed by atoms with Crippen LogP contribution in [0, 0.1) is 0 Å². The lowest BCUT2D eigenvalue weighted by atomic mass is 10.4. The highest BCUT2D eigenvalue weighted by Crippen LogP contribution is 2.44. The lowest BCUT2D eigenvalue weighted by molar-refractivity contribution is 0.153. The van der Waals surface area contributed by atoms with Crippen LogP contribution in [0.25, 0.3) is 0 Å². The minimum atomic E-state index is -2.11. The number of thioether (sulfide) groups is 1. The highest BCUT2D eigenvalue weighted by Gasteiger charge is 2.18. The molecule has 0 aliphatic rings. The predicted molar refractivity (Wildman–Crippen MR) is 104 cm³/mol. The summed E-state index contributed by atoms with van der Waals surface area (Å²) in [6.07, 6.45) is -0.334. The second kappa shape index (κ2) is 11.1. The molecular formula is C13H20N3O3PS3. The largest absolute Gasteiger partial charge is 0.434 e. The molecular weight excluding hydrogens is 373 g/mol. The van der Waals surface area contributed by atoms with E-state index in [1.54, 1.807) is 14.0 Å². The maximum Gasteiger partial charge on any atom is 0.434 e. The number of nitrogens with one attached hydrogen (secondary N) is 2. The molecule has 0 aliphatic carbocycles. The van der Waals surface area contributed by atoms with Gasteiger partial charge in [0.1, 0.15) is 11.3 Å². The zero-order chi connectivity index (χ0) is 17.1. The Morgan fingerprint density at radius 3 is 2.70 bits per heavy atom. The van der Waals surface area contributed by atoms with Gasteiger partial charge in [-0.3, -0.25) is 9.56 Å². The maximum absolute atomic E-state index is 11.4. The standard InChI is InChI=1S/C13H20N3O3PS3/c1-11(22-3)16-19-13(17)14-10-23-15-9-20(21,18-2)12-7-5-4-6-8-12/h4-8,15H,9-10H2,1-3H3,(H,14,17). The molecule has 6 nitrogen and oxygen atoms in total. The summed E-state index contributed by atoms with van der Waals surface area (Å²) in [6.45, 7) is 1.76. The van der Waals surface area contributed by atoms with Crippen LogP contribution in [0.2, 0.25) is 0 Å². The minimum Gasteiger partial charge on any atom is -0.348 e. The summed E-state index contributed by atoms with van der Waals surface area (Å²) < 4.78 is 8.68. The molecule has 0 fully saturated rings. The summed E-state index contributed by atoms with van der Waals surface area (Å²) >= 11 is 8.37. The monoisotopic (exact) mass is 393 g/mol. The molecule has 1 amide bonds. The van der Waals surface area contributed by atoms with Crippen LogP contribution in [0.3, 0.4) is 0 Å². The lowest BCUT2D eigenvalue weighted by Gasteiger charge is -2.20. The summed E-state index contributed by atoms with van der Waals surface area (Å²) in [5.41, 5.74) is 0. The van der Waals surface area contributed by atoms with E-state index in [1.165, 1.54) is 23.7 Å². The number of oxime groups is 1. The number of hydrogen-bond donors (Lipinski definition) is 2. The van der Waals surface area contributed by atoms with E-state index < -0.39 is 12.4 Å². The van der Waals surface area contributed by atoms with Crippen LogP contribution in [-0.4, -0.2) is 36.7 Å². The Kier molecular flexibility index (Phi) is 9.85. The van der Waals surface area contributed by atoms with Gasteiger partial charge in [-0.2, -0.15) is 0 Å². The summed E-state index contributed by atoms with van der Waals surface area (Å²) in [5.74, 6) is 0.334. The van der Waals surface area contributed by atoms with Crippen molar-refractivity contribution in [2.24, 2.45) is 5.16 Å². The second-order valence-electron chi connectivity index (χ2n) is 4.15. The molecule has 1 unspecified atom stereocenters. The Labute approximate surface area is 150 Å². The number of nitrogens with zero attached hydrogens (tertiary/aromatic N) is 1. The molecule has 0 heterocycles. The van der Waals surface area contributed by atoms with Gasteiger partial charge in [0.05, 0.1) is 12.2 Å². The molecule has 1 aromatic carbocycles. The van der Waals surface area contributed by atoms with E-state index in [1.807, 2.05) is 36.6 Å². The summed E-state index contributed by atoms with van der Waals surface area (Å²) in [6, 6.07) is 9.77. The number of amides is 1. The summed E-state index contributed by atoms with van der Waals surface area (Å²) in [5, 5.41) is 7.90. The number of carbonyl (C=O) groups is 1. The van der Waals surface area contributed by atoms with Crippen molar-refractivity contribution in [1.82, 2.24) is 10.0 Å². The average molecular weight is 393 g/mol. The molecule has 0 aliphatic heterocycles. The smallest absolute Gasteiger partial charge is 0.348 e. The van der Waals surface area contributed by atoms with Crippen LogP contribution < -0.4 is 15.3 Å². The average Bonchev–Trinajstić information content (AvgIpc) is 2.59. The van der Waals surface area contributed by atoms with E-state index in [0.29, 0.717) is 17.2 Å². The fourth-order valence-electron chi connectivity index (χ4n) is 1.37. The zero-order valence-electron chi connectivity index (χ0n) is 13.1. The molecule has 2 N–H and O–H groups in total. The minimum absolute atomic E-state index is 0.334. The van der Waals surface area contributed by atoms with E-state index in [0.717, 1.165) is 5.30 Å². The first-order valence-corrected chi connectivity index (χ1v) is 11.7. The third-order valence-corrected chi connectivity index (χ3v) is 7.89. The van der Waals surface area contributed by atoms with Gasteiger partial charge >= 0.3 is 6.09 Å². The molecule has 1 rings (SSSR count). The van der Waals surface area contributed by atoms with Crippen LogP contribution in [0.4, 0.5) is 4.79 Å². The van der Waals surface area contributed by atoms with Crippen molar-refractivity contribution in [3.05, 3.63) is 30.3 Å². The van der Waals surface area contributed by atoms with Crippen molar-refractivity contribution in [3.8, 4) is 0 Å². The van der Waals surface area contributed by atoms with Gasteiger partial charge in [0.25, 0.3) is 0 Å². The Morgan fingerprint density at radius 2 is 2.09 bits per heavy atom. The Hall–Kier alpha value is -0.570. The van der Waals surface area contributed by atoms with E-state index >= 15 is 0 Å². The summed E-state index contributed by atoms with van der Waals surface area (Å²) in [4.78, 5) is 16.0. The van der Waals surface area contributed by atoms with Crippen molar-refractivity contribution < 1.29 is 14.2 Å². The maximum atomic E-state index is 11.4. The van der Waals surface area contributed by atoms with Gasteiger partial charge < -0.3 is 9.84 Å². The van der Waals surface area contributed by atoms with E-state index in [2.05, 4.69) is 20.0 Å². The number of benzene rings is 1. The summed E-state index contributed by atoms with van der Waals surface area (Å²) in [7, 11) is 1.63. The second-order valence-corrected chi connectivity index (χ2v) is 10.3. The normalized spacial score (nSPS) is 14.1. The Balaban J connectivity index is 2.31. The van der Waals surface area contributed by atoms with E-state index in [9.17, 15) is 4.79 Å². The van der Waals surface area contributed by atoms with Crippen LogP contribution in [0.5, 0.6) is 0 Å². The van der Waals surface area contributed by atoms with Crippen LogP contribution in [0.15, 0.2) is 35.5 Å². The molecule has 0 aromatic heterocycles. The molecule has 0 bridgehead atoms. The van der Waals surface area contributed by atoms with Gasteiger partial charge in [0.15, 0.2) is 0 Å². The first-order chi connectivity index (χ1) is 11.0. The van der Waals surface area contributed by atoms with Crippen molar-refractivity contribution in [1.29, 1.82) is 0 Å². The van der Waals surface area contributed by atoms with Crippen LogP contribution in [0.1, 0.15) is 6.92 Å². The SMILES string of the molecule is COP(=S)(CNSCNC(=O)ON=C(C)SC)c1ccccc1. The zero-order valence-corrected chi connectivity index (χ0v) is 16.5. The molecule has 23 heavy (non-hydrogen) atoms. The van der Waals surface area contributed by atoms with E-state index in [-0.39, 0.29) is 0 Å². The third kappa shape index (κ3) is 7.69. The highest BCUT2D eigenvalue weighted by molar-refractivity contribution is 8.16. The lowest BCUT2D eigenvalue weighted by Crippen LogP contribution is -2.25. The van der Waals surface area contributed by atoms with Crippen molar-refractivity contribution in [2.75, 3.05) is 25.5 Å². The van der Waals surface area contributed by atoms with Gasteiger partial charge in [-0.25, -0.2) is 4.79 Å².